The molecule has 0 saturated heterocycles. The first-order valence-electron chi connectivity index (χ1n) is 9.52. The first-order chi connectivity index (χ1) is 14.2. The summed E-state index contributed by atoms with van der Waals surface area (Å²) in [5.74, 6) is 0.171. The summed E-state index contributed by atoms with van der Waals surface area (Å²) >= 11 is 0. The Morgan fingerprint density at radius 1 is 1.03 bits per heavy atom. The predicted molar refractivity (Wildman–Crippen MR) is 110 cm³/mol. The van der Waals surface area contributed by atoms with Crippen molar-refractivity contribution in [3.63, 3.8) is 0 Å². The van der Waals surface area contributed by atoms with E-state index in [0.717, 1.165) is 11.3 Å². The van der Waals surface area contributed by atoms with Crippen LogP contribution in [0.4, 0.5) is 0 Å². The number of nitrogens with zero attached hydrogens (tertiary/aromatic N) is 2. The zero-order valence-electron chi connectivity index (χ0n) is 16.3. The molecule has 0 fully saturated rings. The molecule has 0 aliphatic carbocycles. The van der Waals surface area contributed by atoms with Crippen molar-refractivity contribution >= 4 is 11.8 Å². The Kier molecular flexibility index (Phi) is 7.00. The Morgan fingerprint density at radius 2 is 1.79 bits per heavy atom. The lowest BCUT2D eigenvalue weighted by molar-refractivity contribution is -0.120. The second kappa shape index (κ2) is 10.1. The summed E-state index contributed by atoms with van der Waals surface area (Å²) in [5, 5.41) is 9.75. The average molecular weight is 392 g/mol. The molecular formula is C22H24N4O3. The van der Waals surface area contributed by atoms with Crippen LogP contribution in [0, 0.1) is 0 Å². The third kappa shape index (κ3) is 5.93. The summed E-state index contributed by atoms with van der Waals surface area (Å²) in [5.41, 5.74) is 2.49. The minimum Gasteiger partial charge on any atom is -0.494 e. The van der Waals surface area contributed by atoms with Gasteiger partial charge in [0.1, 0.15) is 5.75 Å². The highest BCUT2D eigenvalue weighted by molar-refractivity contribution is 5.96. The minimum atomic E-state index is -0.299. The quantitative estimate of drug-likeness (QED) is 0.585. The van der Waals surface area contributed by atoms with Crippen molar-refractivity contribution in [2.75, 3.05) is 19.7 Å². The standard InChI is InChI=1S/C22H24N4O3/c1-2-29-20-10-8-18(9-11-20)22(28)24-15-21(27)23-13-12-17-14-25-26(16-17)19-6-4-3-5-7-19/h3-11,14,16H,2,12-13,15H2,1H3,(H,23,27)(H,24,28). The summed E-state index contributed by atoms with van der Waals surface area (Å²) in [7, 11) is 0. The molecule has 0 aliphatic heterocycles. The van der Waals surface area contributed by atoms with Gasteiger partial charge in [0.2, 0.25) is 5.91 Å². The molecule has 0 unspecified atom stereocenters. The van der Waals surface area contributed by atoms with E-state index in [1.165, 1.54) is 0 Å². The molecule has 1 heterocycles. The third-order valence-electron chi connectivity index (χ3n) is 4.23. The van der Waals surface area contributed by atoms with Crippen LogP contribution in [0.1, 0.15) is 22.8 Å². The molecule has 0 saturated carbocycles. The van der Waals surface area contributed by atoms with Crippen LogP contribution < -0.4 is 15.4 Å². The molecule has 2 aromatic carbocycles. The van der Waals surface area contributed by atoms with Gasteiger partial charge in [0, 0.05) is 18.3 Å². The summed E-state index contributed by atoms with van der Waals surface area (Å²) in [4.78, 5) is 24.1. The molecule has 0 aliphatic rings. The molecule has 7 nitrogen and oxygen atoms in total. The monoisotopic (exact) mass is 392 g/mol. The smallest absolute Gasteiger partial charge is 0.251 e. The molecule has 3 aromatic rings. The number of rotatable bonds is 9. The van der Waals surface area contributed by atoms with Gasteiger partial charge in [0.15, 0.2) is 0 Å². The SMILES string of the molecule is CCOc1ccc(C(=O)NCC(=O)NCCc2cnn(-c3ccccc3)c2)cc1. The molecular weight excluding hydrogens is 368 g/mol. The highest BCUT2D eigenvalue weighted by Gasteiger charge is 2.08. The zero-order chi connectivity index (χ0) is 20.5. The Bertz CT molecular complexity index is 936. The normalized spacial score (nSPS) is 10.4. The van der Waals surface area contributed by atoms with E-state index in [-0.39, 0.29) is 18.4 Å². The van der Waals surface area contributed by atoms with E-state index in [9.17, 15) is 9.59 Å². The molecule has 0 atom stereocenters. The van der Waals surface area contributed by atoms with Crippen molar-refractivity contribution in [1.82, 2.24) is 20.4 Å². The molecule has 0 radical (unpaired) electrons. The summed E-state index contributed by atoms with van der Waals surface area (Å²) in [6.45, 7) is 2.86. The summed E-state index contributed by atoms with van der Waals surface area (Å²) in [6, 6.07) is 16.6. The van der Waals surface area contributed by atoms with Crippen molar-refractivity contribution < 1.29 is 14.3 Å². The van der Waals surface area contributed by atoms with E-state index in [4.69, 9.17) is 4.74 Å². The van der Waals surface area contributed by atoms with Crippen LogP contribution in [0.15, 0.2) is 67.0 Å². The highest BCUT2D eigenvalue weighted by Crippen LogP contribution is 2.12. The van der Waals surface area contributed by atoms with Gasteiger partial charge in [-0.2, -0.15) is 5.10 Å². The van der Waals surface area contributed by atoms with Crippen LogP contribution in [0.3, 0.4) is 0 Å². The van der Waals surface area contributed by atoms with Gasteiger partial charge in [0.05, 0.1) is 25.0 Å². The number of hydrogen-bond acceptors (Lipinski definition) is 4. The van der Waals surface area contributed by atoms with E-state index >= 15 is 0 Å². The number of carbonyl (C=O) groups is 2. The van der Waals surface area contributed by atoms with Gasteiger partial charge in [0.25, 0.3) is 5.91 Å². The lowest BCUT2D eigenvalue weighted by Crippen LogP contribution is -2.37. The number of carbonyl (C=O) groups excluding carboxylic acids is 2. The number of nitrogens with one attached hydrogen (secondary N) is 2. The van der Waals surface area contributed by atoms with Crippen molar-refractivity contribution in [2.24, 2.45) is 0 Å². The largest absolute Gasteiger partial charge is 0.494 e. The Morgan fingerprint density at radius 3 is 2.52 bits per heavy atom. The van der Waals surface area contributed by atoms with E-state index < -0.39 is 0 Å². The number of amides is 2. The van der Waals surface area contributed by atoms with Crippen LogP contribution >= 0.6 is 0 Å². The molecule has 29 heavy (non-hydrogen) atoms. The van der Waals surface area contributed by atoms with Crippen LogP contribution in [0.25, 0.3) is 5.69 Å². The summed E-state index contributed by atoms with van der Waals surface area (Å²) < 4.78 is 7.14. The van der Waals surface area contributed by atoms with Crippen molar-refractivity contribution in [1.29, 1.82) is 0 Å². The molecule has 2 amide bonds. The van der Waals surface area contributed by atoms with Gasteiger partial charge >= 0.3 is 0 Å². The number of aromatic nitrogens is 2. The van der Waals surface area contributed by atoms with Crippen molar-refractivity contribution in [3.05, 3.63) is 78.1 Å². The van der Waals surface area contributed by atoms with E-state index in [1.54, 1.807) is 35.1 Å². The Hall–Kier alpha value is -3.61. The van der Waals surface area contributed by atoms with Gasteiger partial charge in [-0.1, -0.05) is 18.2 Å². The topological polar surface area (TPSA) is 85.2 Å². The fourth-order valence-electron chi connectivity index (χ4n) is 2.75. The molecule has 0 spiro atoms. The Labute approximate surface area is 169 Å². The first kappa shape index (κ1) is 20.1. The second-order valence-corrected chi connectivity index (χ2v) is 6.37. The molecule has 2 N–H and O–H groups in total. The lowest BCUT2D eigenvalue weighted by Gasteiger charge is -2.07. The average Bonchev–Trinajstić information content (AvgIpc) is 3.22. The zero-order valence-corrected chi connectivity index (χ0v) is 16.3. The van der Waals surface area contributed by atoms with Crippen LogP contribution in [-0.4, -0.2) is 41.3 Å². The summed E-state index contributed by atoms with van der Waals surface area (Å²) in [6.07, 6.45) is 4.38. The molecule has 3 rings (SSSR count). The number of benzene rings is 2. The third-order valence-corrected chi connectivity index (χ3v) is 4.23. The van der Waals surface area contributed by atoms with E-state index in [0.29, 0.717) is 30.9 Å². The molecule has 150 valence electrons. The highest BCUT2D eigenvalue weighted by atomic mass is 16.5. The molecule has 0 bridgehead atoms. The minimum absolute atomic E-state index is 0.0741. The number of ether oxygens (including phenoxy) is 1. The first-order valence-corrected chi connectivity index (χ1v) is 9.52. The van der Waals surface area contributed by atoms with Gasteiger partial charge < -0.3 is 15.4 Å². The van der Waals surface area contributed by atoms with Gasteiger partial charge in [-0.25, -0.2) is 4.68 Å². The predicted octanol–water partition coefficient (Wildman–Crippen LogP) is 2.36. The van der Waals surface area contributed by atoms with E-state index in [1.807, 2.05) is 43.5 Å². The molecule has 1 aromatic heterocycles. The van der Waals surface area contributed by atoms with Gasteiger partial charge in [-0.3, -0.25) is 9.59 Å². The van der Waals surface area contributed by atoms with Crippen LogP contribution in [-0.2, 0) is 11.2 Å². The van der Waals surface area contributed by atoms with Gasteiger partial charge in [-0.15, -0.1) is 0 Å². The van der Waals surface area contributed by atoms with Crippen LogP contribution in [0.2, 0.25) is 0 Å². The fraction of sp³-hybridized carbons (Fsp3) is 0.227. The maximum absolute atomic E-state index is 12.1. The molecule has 7 heteroatoms. The fourth-order valence-corrected chi connectivity index (χ4v) is 2.75. The van der Waals surface area contributed by atoms with Crippen LogP contribution in [0.5, 0.6) is 5.75 Å². The van der Waals surface area contributed by atoms with Crippen molar-refractivity contribution in [3.8, 4) is 11.4 Å². The number of hydrogen-bond donors (Lipinski definition) is 2. The van der Waals surface area contributed by atoms with Crippen molar-refractivity contribution in [2.45, 2.75) is 13.3 Å². The Balaban J connectivity index is 1.39. The number of para-hydroxylation sites is 1. The maximum Gasteiger partial charge on any atom is 0.251 e. The van der Waals surface area contributed by atoms with Gasteiger partial charge in [-0.05, 0) is 55.3 Å². The second-order valence-electron chi connectivity index (χ2n) is 6.37. The van der Waals surface area contributed by atoms with E-state index in [2.05, 4.69) is 15.7 Å². The maximum atomic E-state index is 12.1. The lowest BCUT2D eigenvalue weighted by atomic mass is 10.2.